The van der Waals surface area contributed by atoms with E-state index in [9.17, 15) is 4.79 Å². The van der Waals surface area contributed by atoms with Gasteiger partial charge in [-0.2, -0.15) is 0 Å². The van der Waals surface area contributed by atoms with Gasteiger partial charge in [-0.1, -0.05) is 37.3 Å². The second-order valence-electron chi connectivity index (χ2n) is 5.37. The molecular weight excluding hydrogens is 380 g/mol. The van der Waals surface area contributed by atoms with Gasteiger partial charge in [0.15, 0.2) is 0 Å². The third-order valence-corrected chi connectivity index (χ3v) is 4.37. The van der Waals surface area contributed by atoms with Gasteiger partial charge < -0.3 is 10.6 Å². The quantitative estimate of drug-likeness (QED) is 0.649. The number of rotatable bonds is 5. The average molecular weight is 397 g/mol. The van der Waals surface area contributed by atoms with Crippen LogP contribution in [0.1, 0.15) is 22.8 Å². The Morgan fingerprint density at radius 1 is 1.00 bits per heavy atom. The predicted octanol–water partition coefficient (Wildman–Crippen LogP) is 4.80. The van der Waals surface area contributed by atoms with Gasteiger partial charge in [0.1, 0.15) is 0 Å². The molecule has 0 atom stereocenters. The lowest BCUT2D eigenvalue weighted by Crippen LogP contribution is -2.13. The zero-order valence-electron chi connectivity index (χ0n) is 13.7. The highest BCUT2D eigenvalue weighted by atomic mass is 79.9. The molecule has 2 aromatic carbocycles. The molecule has 126 valence electrons. The first kappa shape index (κ1) is 17.1. The summed E-state index contributed by atoms with van der Waals surface area (Å²) in [6.45, 7) is 2.09. The molecular formula is C19H17BrN4O. The molecule has 0 saturated carbocycles. The minimum atomic E-state index is -0.257. The van der Waals surface area contributed by atoms with E-state index >= 15 is 0 Å². The van der Waals surface area contributed by atoms with Gasteiger partial charge in [-0.25, -0.2) is 9.97 Å². The number of amides is 1. The molecule has 25 heavy (non-hydrogen) atoms. The number of para-hydroxylation sites is 2. The highest BCUT2D eigenvalue weighted by molar-refractivity contribution is 9.10. The van der Waals surface area contributed by atoms with E-state index in [0.717, 1.165) is 16.6 Å². The highest BCUT2D eigenvalue weighted by Gasteiger charge is 2.10. The topological polar surface area (TPSA) is 66.9 Å². The van der Waals surface area contributed by atoms with Crippen LogP contribution < -0.4 is 10.6 Å². The Kier molecular flexibility index (Phi) is 5.40. The number of benzene rings is 2. The van der Waals surface area contributed by atoms with Gasteiger partial charge in [0.05, 0.1) is 11.3 Å². The smallest absolute Gasteiger partial charge is 0.258 e. The van der Waals surface area contributed by atoms with Crippen molar-refractivity contribution < 1.29 is 4.79 Å². The molecule has 3 aromatic rings. The summed E-state index contributed by atoms with van der Waals surface area (Å²) < 4.78 is 0.818. The summed E-state index contributed by atoms with van der Waals surface area (Å²) in [4.78, 5) is 20.8. The van der Waals surface area contributed by atoms with Crippen LogP contribution in [0.15, 0.2) is 65.4 Å². The second-order valence-corrected chi connectivity index (χ2v) is 6.22. The number of aromatic nitrogens is 2. The number of nitrogens with zero attached hydrogens (tertiary/aromatic N) is 2. The molecule has 0 spiro atoms. The highest BCUT2D eigenvalue weighted by Crippen LogP contribution is 2.22. The van der Waals surface area contributed by atoms with Crippen LogP contribution in [-0.4, -0.2) is 15.9 Å². The lowest BCUT2D eigenvalue weighted by atomic mass is 10.1. The summed E-state index contributed by atoms with van der Waals surface area (Å²) in [6, 6.07) is 15.4. The average Bonchev–Trinajstić information content (AvgIpc) is 2.64. The molecule has 5 nitrogen and oxygen atoms in total. The molecule has 6 heteroatoms. The second kappa shape index (κ2) is 7.90. The van der Waals surface area contributed by atoms with Crippen LogP contribution in [0.25, 0.3) is 0 Å². The summed E-state index contributed by atoms with van der Waals surface area (Å²) in [6.07, 6.45) is 3.93. The Morgan fingerprint density at radius 2 is 1.64 bits per heavy atom. The minimum absolute atomic E-state index is 0.257. The van der Waals surface area contributed by atoms with Gasteiger partial charge in [0, 0.05) is 22.6 Å². The van der Waals surface area contributed by atoms with Crippen molar-refractivity contribution in [2.75, 3.05) is 10.6 Å². The Bertz CT molecular complexity index is 881. The van der Waals surface area contributed by atoms with E-state index in [1.54, 1.807) is 0 Å². The Balaban J connectivity index is 1.72. The minimum Gasteiger partial charge on any atom is -0.324 e. The molecule has 0 aliphatic carbocycles. The number of aryl methyl sites for hydroxylation is 1. The zero-order valence-corrected chi connectivity index (χ0v) is 15.2. The molecule has 0 unspecified atom stereocenters. The normalized spacial score (nSPS) is 10.3. The van der Waals surface area contributed by atoms with E-state index in [-0.39, 0.29) is 5.91 Å². The van der Waals surface area contributed by atoms with Crippen LogP contribution >= 0.6 is 15.9 Å². The van der Waals surface area contributed by atoms with Crippen LogP contribution in [0, 0.1) is 0 Å². The summed E-state index contributed by atoms with van der Waals surface area (Å²) in [5.74, 6) is 0.200. The summed E-state index contributed by atoms with van der Waals surface area (Å²) in [5, 5.41) is 6.01. The van der Waals surface area contributed by atoms with Crippen LogP contribution in [0.2, 0.25) is 0 Å². The Labute approximate surface area is 154 Å². The number of carbonyl (C=O) groups is 1. The third-order valence-electron chi connectivity index (χ3n) is 3.68. The van der Waals surface area contributed by atoms with Gasteiger partial charge in [-0.05, 0) is 46.1 Å². The number of hydrogen-bond acceptors (Lipinski definition) is 4. The lowest BCUT2D eigenvalue weighted by Gasteiger charge is -2.10. The van der Waals surface area contributed by atoms with Crippen molar-refractivity contribution in [1.82, 2.24) is 9.97 Å². The standard InChI is InChI=1S/C19H17BrN4O/c1-2-13-7-3-5-9-16(13)24-19-21-11-14(12-22-19)18(25)23-17-10-6-4-8-15(17)20/h3-12H,2H2,1H3,(H,23,25)(H,21,22,24). The first-order chi connectivity index (χ1) is 12.2. The predicted molar refractivity (Wildman–Crippen MR) is 103 cm³/mol. The number of carbonyl (C=O) groups excluding carboxylic acids is 1. The molecule has 3 rings (SSSR count). The Hall–Kier alpha value is -2.73. The molecule has 0 saturated heterocycles. The SMILES string of the molecule is CCc1ccccc1Nc1ncc(C(=O)Nc2ccccc2Br)cn1. The number of halogens is 1. The number of hydrogen-bond donors (Lipinski definition) is 2. The van der Waals surface area contributed by atoms with Crippen LogP contribution in [0.4, 0.5) is 17.3 Å². The van der Waals surface area contributed by atoms with Crippen LogP contribution in [0.5, 0.6) is 0 Å². The van der Waals surface area contributed by atoms with Crippen molar-refractivity contribution >= 4 is 39.2 Å². The van der Waals surface area contributed by atoms with Crippen molar-refractivity contribution in [2.45, 2.75) is 13.3 Å². The Morgan fingerprint density at radius 3 is 2.32 bits per heavy atom. The fourth-order valence-electron chi connectivity index (χ4n) is 2.34. The van der Waals surface area contributed by atoms with Gasteiger partial charge >= 0.3 is 0 Å². The fourth-order valence-corrected chi connectivity index (χ4v) is 2.72. The molecule has 0 fully saturated rings. The van der Waals surface area contributed by atoms with Crippen molar-refractivity contribution in [3.05, 3.63) is 76.5 Å². The van der Waals surface area contributed by atoms with Crippen molar-refractivity contribution in [3.63, 3.8) is 0 Å². The summed E-state index contributed by atoms with van der Waals surface area (Å²) in [7, 11) is 0. The van der Waals surface area contributed by atoms with Crippen molar-refractivity contribution in [1.29, 1.82) is 0 Å². The largest absolute Gasteiger partial charge is 0.324 e. The van der Waals surface area contributed by atoms with Gasteiger partial charge in [-0.15, -0.1) is 0 Å². The number of nitrogens with one attached hydrogen (secondary N) is 2. The molecule has 1 heterocycles. The molecule has 0 bridgehead atoms. The summed E-state index contributed by atoms with van der Waals surface area (Å²) in [5.41, 5.74) is 3.24. The van der Waals surface area contributed by atoms with Gasteiger partial charge in [0.2, 0.25) is 5.95 Å². The first-order valence-electron chi connectivity index (χ1n) is 7.90. The number of anilines is 3. The van der Waals surface area contributed by atoms with Crippen molar-refractivity contribution in [3.8, 4) is 0 Å². The van der Waals surface area contributed by atoms with Gasteiger partial charge in [-0.3, -0.25) is 4.79 Å². The molecule has 1 aromatic heterocycles. The maximum Gasteiger partial charge on any atom is 0.258 e. The first-order valence-corrected chi connectivity index (χ1v) is 8.69. The van der Waals surface area contributed by atoms with E-state index in [4.69, 9.17) is 0 Å². The fraction of sp³-hybridized carbons (Fsp3) is 0.105. The van der Waals surface area contributed by atoms with E-state index < -0.39 is 0 Å². The van der Waals surface area contributed by atoms with E-state index in [2.05, 4.69) is 49.5 Å². The van der Waals surface area contributed by atoms with Crippen LogP contribution in [0.3, 0.4) is 0 Å². The third kappa shape index (κ3) is 4.22. The van der Waals surface area contributed by atoms with E-state index in [1.165, 1.54) is 18.0 Å². The van der Waals surface area contributed by atoms with Crippen molar-refractivity contribution in [2.24, 2.45) is 0 Å². The zero-order chi connectivity index (χ0) is 17.6. The maximum atomic E-state index is 12.3. The molecule has 0 aliphatic heterocycles. The lowest BCUT2D eigenvalue weighted by molar-refractivity contribution is 0.102. The van der Waals surface area contributed by atoms with Crippen LogP contribution in [-0.2, 0) is 6.42 Å². The monoisotopic (exact) mass is 396 g/mol. The maximum absolute atomic E-state index is 12.3. The molecule has 0 radical (unpaired) electrons. The van der Waals surface area contributed by atoms with Gasteiger partial charge in [0.25, 0.3) is 5.91 Å². The molecule has 0 aliphatic rings. The molecule has 2 N–H and O–H groups in total. The van der Waals surface area contributed by atoms with E-state index in [0.29, 0.717) is 17.2 Å². The van der Waals surface area contributed by atoms with E-state index in [1.807, 2.05) is 42.5 Å². The summed E-state index contributed by atoms with van der Waals surface area (Å²) >= 11 is 3.40. The molecule has 1 amide bonds.